The van der Waals surface area contributed by atoms with Crippen LogP contribution in [0, 0.1) is 0 Å². The Bertz CT molecular complexity index is 226. The van der Waals surface area contributed by atoms with Crippen LogP contribution in [0.25, 0.3) is 0 Å². The van der Waals surface area contributed by atoms with Gasteiger partial charge in [0.05, 0.1) is 26.1 Å². The van der Waals surface area contributed by atoms with E-state index >= 15 is 0 Å². The molecule has 0 aliphatic rings. The van der Waals surface area contributed by atoms with Crippen molar-refractivity contribution in [2.24, 2.45) is 0 Å². The van der Waals surface area contributed by atoms with E-state index in [9.17, 15) is 13.0 Å². The molecule has 0 amide bonds. The number of rotatable bonds is 8. The molecule has 14 heavy (non-hydrogen) atoms. The second-order valence-corrected chi connectivity index (χ2v) is 2.93. The van der Waals surface area contributed by atoms with E-state index in [1.54, 1.807) is 0 Å². The average Bonchev–Trinajstić information content (AvgIpc) is 2.01. The first-order valence-electron chi connectivity index (χ1n) is 3.47. The van der Waals surface area contributed by atoms with E-state index in [4.69, 9.17) is 9.47 Å². The molecule has 0 rings (SSSR count). The molecule has 0 atom stereocenters. The van der Waals surface area contributed by atoms with Crippen molar-refractivity contribution in [1.82, 2.24) is 0 Å². The van der Waals surface area contributed by atoms with Crippen molar-refractivity contribution < 1.29 is 56.2 Å². The monoisotopic (exact) mass is 234 g/mol. The van der Waals surface area contributed by atoms with Gasteiger partial charge in [0.25, 0.3) is 0 Å². The summed E-state index contributed by atoms with van der Waals surface area (Å²) in [4.78, 5) is 0. The van der Waals surface area contributed by atoms with Gasteiger partial charge in [-0.1, -0.05) is 6.58 Å². The SMILES string of the molecule is C=COCCOCCOS(=O)(=O)[O-].[Na+]. The summed E-state index contributed by atoms with van der Waals surface area (Å²) in [6.45, 7) is 3.67. The summed E-state index contributed by atoms with van der Waals surface area (Å²) in [7, 11) is -4.60. The molecule has 8 heteroatoms. The standard InChI is InChI=1S/C6H12O6S.Na/c1-2-10-3-4-11-5-6-12-13(7,8)9;/h2H,1,3-6H2,(H,7,8,9);/q;+1/p-1. The van der Waals surface area contributed by atoms with Gasteiger partial charge in [-0.3, -0.25) is 4.18 Å². The van der Waals surface area contributed by atoms with Gasteiger partial charge in [-0.25, -0.2) is 8.42 Å². The van der Waals surface area contributed by atoms with Crippen LogP contribution in [0.2, 0.25) is 0 Å². The Morgan fingerprint density at radius 3 is 2.29 bits per heavy atom. The van der Waals surface area contributed by atoms with Crippen molar-refractivity contribution >= 4 is 10.4 Å². The van der Waals surface area contributed by atoms with Crippen LogP contribution in [0.3, 0.4) is 0 Å². The zero-order valence-corrected chi connectivity index (χ0v) is 10.8. The molecule has 78 valence electrons. The minimum Gasteiger partial charge on any atom is -0.726 e. The van der Waals surface area contributed by atoms with E-state index in [1.807, 2.05) is 0 Å². The van der Waals surface area contributed by atoms with Crippen LogP contribution < -0.4 is 29.6 Å². The summed E-state index contributed by atoms with van der Waals surface area (Å²) in [6.07, 6.45) is 1.27. The van der Waals surface area contributed by atoms with Crippen molar-refractivity contribution in [2.45, 2.75) is 0 Å². The zero-order chi connectivity index (χ0) is 10.2. The number of hydrogen-bond donors (Lipinski definition) is 0. The maximum Gasteiger partial charge on any atom is 1.00 e. The van der Waals surface area contributed by atoms with E-state index in [2.05, 4.69) is 10.8 Å². The first-order chi connectivity index (χ1) is 6.06. The molecule has 0 saturated carbocycles. The summed E-state index contributed by atoms with van der Waals surface area (Å²) < 4.78 is 43.1. The minimum atomic E-state index is -4.60. The maximum absolute atomic E-state index is 9.90. The predicted octanol–water partition coefficient (Wildman–Crippen LogP) is -3.36. The van der Waals surface area contributed by atoms with Gasteiger partial charge in [-0.05, 0) is 0 Å². The molecule has 0 unspecified atom stereocenters. The van der Waals surface area contributed by atoms with Crippen LogP contribution in [0.5, 0.6) is 0 Å². The quantitative estimate of drug-likeness (QED) is 0.143. The first-order valence-corrected chi connectivity index (χ1v) is 4.80. The summed E-state index contributed by atoms with van der Waals surface area (Å²) in [6, 6.07) is 0. The maximum atomic E-state index is 9.90. The third-order valence-electron chi connectivity index (χ3n) is 0.919. The number of ether oxygens (including phenoxy) is 2. The fourth-order valence-electron chi connectivity index (χ4n) is 0.487. The van der Waals surface area contributed by atoms with Crippen LogP contribution >= 0.6 is 0 Å². The normalized spacial score (nSPS) is 10.4. The Morgan fingerprint density at radius 2 is 1.79 bits per heavy atom. The Kier molecular flexibility index (Phi) is 11.9. The van der Waals surface area contributed by atoms with E-state index in [1.165, 1.54) is 6.26 Å². The van der Waals surface area contributed by atoms with E-state index in [0.717, 1.165) is 0 Å². The first kappa shape index (κ1) is 16.8. The van der Waals surface area contributed by atoms with Gasteiger partial charge in [0.15, 0.2) is 0 Å². The van der Waals surface area contributed by atoms with Crippen molar-refractivity contribution in [3.63, 3.8) is 0 Å². The molecule has 0 radical (unpaired) electrons. The molecular formula is C6H11NaO6S. The van der Waals surface area contributed by atoms with Crippen molar-refractivity contribution in [3.8, 4) is 0 Å². The third kappa shape index (κ3) is 14.9. The fraction of sp³-hybridized carbons (Fsp3) is 0.667. The molecule has 0 saturated heterocycles. The largest absolute Gasteiger partial charge is 1.00 e. The summed E-state index contributed by atoms with van der Waals surface area (Å²) in [5, 5.41) is 0. The van der Waals surface area contributed by atoms with Crippen molar-refractivity contribution in [3.05, 3.63) is 12.8 Å². The predicted molar refractivity (Wildman–Crippen MR) is 42.6 cm³/mol. The summed E-state index contributed by atoms with van der Waals surface area (Å²) in [5.74, 6) is 0. The summed E-state index contributed by atoms with van der Waals surface area (Å²) in [5.41, 5.74) is 0. The average molecular weight is 234 g/mol. The van der Waals surface area contributed by atoms with Crippen LogP contribution in [-0.2, 0) is 24.1 Å². The zero-order valence-electron chi connectivity index (χ0n) is 7.97. The van der Waals surface area contributed by atoms with Gasteiger partial charge >= 0.3 is 29.6 Å². The van der Waals surface area contributed by atoms with E-state index in [0.29, 0.717) is 6.61 Å². The van der Waals surface area contributed by atoms with E-state index in [-0.39, 0.29) is 49.4 Å². The second kappa shape index (κ2) is 9.91. The Hall–Kier alpha value is 0.370. The number of hydrogen-bond acceptors (Lipinski definition) is 6. The minimum absolute atomic E-state index is 0. The molecule has 0 aromatic carbocycles. The van der Waals surface area contributed by atoms with Gasteiger partial charge < -0.3 is 14.0 Å². The third-order valence-corrected chi connectivity index (χ3v) is 1.37. The molecule has 0 bridgehead atoms. The molecule has 0 aliphatic carbocycles. The topological polar surface area (TPSA) is 84.9 Å². The molecule has 0 aromatic rings. The molecule has 0 N–H and O–H groups in total. The van der Waals surface area contributed by atoms with Crippen LogP contribution in [0.15, 0.2) is 12.8 Å². The van der Waals surface area contributed by atoms with Gasteiger partial charge in [-0.15, -0.1) is 0 Å². The van der Waals surface area contributed by atoms with Gasteiger partial charge in [-0.2, -0.15) is 0 Å². The van der Waals surface area contributed by atoms with Crippen LogP contribution in [-0.4, -0.2) is 39.4 Å². The van der Waals surface area contributed by atoms with Crippen molar-refractivity contribution in [1.29, 1.82) is 0 Å². The van der Waals surface area contributed by atoms with Crippen LogP contribution in [0.4, 0.5) is 0 Å². The molecule has 6 nitrogen and oxygen atoms in total. The Labute approximate surface area is 105 Å². The smallest absolute Gasteiger partial charge is 0.726 e. The molecular weight excluding hydrogens is 223 g/mol. The van der Waals surface area contributed by atoms with Gasteiger partial charge in [0, 0.05) is 0 Å². The Morgan fingerprint density at radius 1 is 1.21 bits per heavy atom. The fourth-order valence-corrected chi connectivity index (χ4v) is 0.760. The Balaban J connectivity index is 0. The second-order valence-electron chi connectivity index (χ2n) is 1.88. The molecule has 0 aliphatic heterocycles. The molecule has 0 spiro atoms. The van der Waals surface area contributed by atoms with Crippen LogP contribution in [0.1, 0.15) is 0 Å². The summed E-state index contributed by atoms with van der Waals surface area (Å²) >= 11 is 0. The van der Waals surface area contributed by atoms with E-state index < -0.39 is 10.4 Å². The molecule has 0 aromatic heterocycles. The van der Waals surface area contributed by atoms with Crippen molar-refractivity contribution in [2.75, 3.05) is 26.4 Å². The van der Waals surface area contributed by atoms with Gasteiger partial charge in [0.1, 0.15) is 6.61 Å². The van der Waals surface area contributed by atoms with Gasteiger partial charge in [0.2, 0.25) is 10.4 Å². The molecule has 0 fully saturated rings. The molecule has 0 heterocycles.